The predicted molar refractivity (Wildman–Crippen MR) is 105 cm³/mol. The van der Waals surface area contributed by atoms with Crippen LogP contribution in [0.15, 0.2) is 59.6 Å². The lowest BCUT2D eigenvalue weighted by Crippen LogP contribution is -2.16. The number of hydrogen-bond donors (Lipinski definition) is 2. The number of hydrogen-bond acceptors (Lipinski definition) is 4. The Balaban J connectivity index is 1.79. The molecule has 5 nitrogen and oxygen atoms in total. The van der Waals surface area contributed by atoms with Crippen molar-refractivity contribution in [3.05, 3.63) is 77.2 Å². The van der Waals surface area contributed by atoms with Crippen molar-refractivity contribution >= 4 is 27.2 Å². The third-order valence-electron chi connectivity index (χ3n) is 4.01. The maximum atomic E-state index is 12.9. The van der Waals surface area contributed by atoms with Crippen LogP contribution in [0.2, 0.25) is 0 Å². The van der Waals surface area contributed by atoms with Gasteiger partial charge in [-0.1, -0.05) is 17.7 Å². The van der Waals surface area contributed by atoms with Gasteiger partial charge in [0.05, 0.1) is 16.8 Å². The van der Waals surface area contributed by atoms with Gasteiger partial charge in [0.1, 0.15) is 11.6 Å². The molecule has 0 aliphatic rings. The van der Waals surface area contributed by atoms with E-state index in [1.54, 1.807) is 38.1 Å². The Kier molecular flexibility index (Phi) is 5.14. The summed E-state index contributed by atoms with van der Waals surface area (Å²) in [5.74, 6) is -0.0934. The van der Waals surface area contributed by atoms with Crippen LogP contribution < -0.4 is 10.0 Å². The highest BCUT2D eigenvalue weighted by Crippen LogP contribution is 2.24. The van der Waals surface area contributed by atoms with Gasteiger partial charge in [0, 0.05) is 5.69 Å². The van der Waals surface area contributed by atoms with Crippen molar-refractivity contribution in [2.75, 3.05) is 10.0 Å². The topological polar surface area (TPSA) is 71.1 Å². The Morgan fingerprint density at radius 2 is 1.48 bits per heavy atom. The molecule has 0 bridgehead atoms. The zero-order valence-corrected chi connectivity index (χ0v) is 16.1. The first kappa shape index (κ1) is 18.8. The lowest BCUT2D eigenvalue weighted by Gasteiger charge is -2.14. The van der Waals surface area contributed by atoms with Gasteiger partial charge in [-0.05, 0) is 68.3 Å². The minimum absolute atomic E-state index is 0.221. The summed E-state index contributed by atoms with van der Waals surface area (Å²) in [7, 11) is -3.74. The van der Waals surface area contributed by atoms with Gasteiger partial charge in [0.15, 0.2) is 0 Å². The van der Waals surface area contributed by atoms with Gasteiger partial charge in [0.2, 0.25) is 0 Å². The minimum atomic E-state index is -3.74. The fourth-order valence-corrected chi connectivity index (χ4v) is 4.47. The molecule has 140 valence electrons. The SMILES string of the molecule is Cc1cc(C)c(S(=O)(=O)Nc2ccc(Nc3ccc(F)cc3)cn2)c(C)c1. The van der Waals surface area contributed by atoms with Crippen LogP contribution in [-0.2, 0) is 10.0 Å². The molecule has 0 fully saturated rings. The lowest BCUT2D eigenvalue weighted by atomic mass is 10.1. The van der Waals surface area contributed by atoms with E-state index >= 15 is 0 Å². The van der Waals surface area contributed by atoms with Gasteiger partial charge >= 0.3 is 0 Å². The molecule has 0 atom stereocenters. The van der Waals surface area contributed by atoms with Crippen LogP contribution in [0.3, 0.4) is 0 Å². The summed E-state index contributed by atoms with van der Waals surface area (Å²) < 4.78 is 41.0. The third-order valence-corrected chi connectivity index (χ3v) is 5.67. The largest absolute Gasteiger partial charge is 0.354 e. The number of halogens is 1. The smallest absolute Gasteiger partial charge is 0.263 e. The standard InChI is InChI=1S/C20H20FN3O2S/c1-13-10-14(2)20(15(3)11-13)27(25,26)24-19-9-8-18(12-22-19)23-17-6-4-16(21)5-7-17/h4-12,23H,1-3H3,(H,22,24). The first-order valence-corrected chi connectivity index (χ1v) is 9.82. The van der Waals surface area contributed by atoms with Gasteiger partial charge in [0.25, 0.3) is 10.0 Å². The summed E-state index contributed by atoms with van der Waals surface area (Å²) >= 11 is 0. The molecule has 2 aromatic carbocycles. The molecule has 1 heterocycles. The zero-order chi connectivity index (χ0) is 19.6. The summed E-state index contributed by atoms with van der Waals surface area (Å²) in [6, 6.07) is 12.9. The number of pyridine rings is 1. The Morgan fingerprint density at radius 3 is 2.04 bits per heavy atom. The van der Waals surface area contributed by atoms with Crippen molar-refractivity contribution in [1.29, 1.82) is 0 Å². The van der Waals surface area contributed by atoms with E-state index in [4.69, 9.17) is 0 Å². The molecule has 0 spiro atoms. The number of nitrogens with one attached hydrogen (secondary N) is 2. The maximum absolute atomic E-state index is 12.9. The van der Waals surface area contributed by atoms with Crippen LogP contribution in [0.25, 0.3) is 0 Å². The normalized spacial score (nSPS) is 11.3. The fraction of sp³-hybridized carbons (Fsp3) is 0.150. The highest BCUT2D eigenvalue weighted by Gasteiger charge is 2.20. The number of sulfonamides is 1. The molecule has 3 aromatic rings. The number of benzene rings is 2. The lowest BCUT2D eigenvalue weighted by molar-refractivity contribution is 0.600. The molecule has 0 unspecified atom stereocenters. The molecular formula is C20H20FN3O2S. The van der Waals surface area contributed by atoms with Crippen LogP contribution in [0.4, 0.5) is 21.6 Å². The van der Waals surface area contributed by atoms with E-state index in [0.717, 1.165) is 5.56 Å². The first-order valence-electron chi connectivity index (χ1n) is 8.34. The number of aromatic nitrogens is 1. The Morgan fingerprint density at radius 1 is 0.889 bits per heavy atom. The van der Waals surface area contributed by atoms with E-state index in [1.807, 2.05) is 19.1 Å². The summed E-state index contributed by atoms with van der Waals surface area (Å²) in [5, 5.41) is 3.07. The average Bonchev–Trinajstić information content (AvgIpc) is 2.57. The third kappa shape index (κ3) is 4.43. The predicted octanol–water partition coefficient (Wildman–Crippen LogP) is 4.69. The van der Waals surface area contributed by atoms with Crippen molar-refractivity contribution in [1.82, 2.24) is 4.98 Å². The number of aryl methyl sites for hydroxylation is 3. The van der Waals surface area contributed by atoms with Crippen LogP contribution >= 0.6 is 0 Å². The van der Waals surface area contributed by atoms with Crippen LogP contribution in [0.5, 0.6) is 0 Å². The van der Waals surface area contributed by atoms with E-state index in [2.05, 4.69) is 15.0 Å². The van der Waals surface area contributed by atoms with Crippen molar-refractivity contribution in [2.45, 2.75) is 25.7 Å². The molecular weight excluding hydrogens is 365 g/mol. The average molecular weight is 385 g/mol. The van der Waals surface area contributed by atoms with Crippen molar-refractivity contribution < 1.29 is 12.8 Å². The van der Waals surface area contributed by atoms with Crippen molar-refractivity contribution in [3.8, 4) is 0 Å². The Bertz CT molecular complexity index is 1040. The monoisotopic (exact) mass is 385 g/mol. The number of anilines is 3. The van der Waals surface area contributed by atoms with Gasteiger partial charge < -0.3 is 5.32 Å². The molecule has 27 heavy (non-hydrogen) atoms. The van der Waals surface area contributed by atoms with E-state index < -0.39 is 10.0 Å². The van der Waals surface area contributed by atoms with E-state index in [1.165, 1.54) is 18.3 Å². The minimum Gasteiger partial charge on any atom is -0.354 e. The van der Waals surface area contributed by atoms with E-state index in [-0.39, 0.29) is 16.5 Å². The highest BCUT2D eigenvalue weighted by molar-refractivity contribution is 7.92. The molecule has 0 saturated carbocycles. The number of nitrogens with zero attached hydrogens (tertiary/aromatic N) is 1. The van der Waals surface area contributed by atoms with Gasteiger partial charge in [-0.25, -0.2) is 17.8 Å². The molecule has 1 aromatic heterocycles. The molecule has 0 aliphatic carbocycles. The Hall–Kier alpha value is -2.93. The summed E-state index contributed by atoms with van der Waals surface area (Å²) in [6.07, 6.45) is 1.51. The maximum Gasteiger partial charge on any atom is 0.263 e. The molecule has 0 radical (unpaired) electrons. The second-order valence-corrected chi connectivity index (χ2v) is 8.02. The molecule has 3 rings (SSSR count). The highest BCUT2D eigenvalue weighted by atomic mass is 32.2. The zero-order valence-electron chi connectivity index (χ0n) is 15.2. The summed E-state index contributed by atoms with van der Waals surface area (Å²) in [5.41, 5.74) is 3.76. The van der Waals surface area contributed by atoms with Crippen LogP contribution in [0, 0.1) is 26.6 Å². The second-order valence-electron chi connectivity index (χ2n) is 6.40. The molecule has 0 amide bonds. The van der Waals surface area contributed by atoms with Gasteiger partial charge in [-0.2, -0.15) is 0 Å². The molecule has 0 aliphatic heterocycles. The first-order chi connectivity index (χ1) is 12.7. The molecule has 7 heteroatoms. The second kappa shape index (κ2) is 7.36. The van der Waals surface area contributed by atoms with Gasteiger partial charge in [-0.15, -0.1) is 0 Å². The number of rotatable bonds is 5. The van der Waals surface area contributed by atoms with Crippen molar-refractivity contribution in [3.63, 3.8) is 0 Å². The molecule has 2 N–H and O–H groups in total. The van der Waals surface area contributed by atoms with E-state index in [9.17, 15) is 12.8 Å². The summed E-state index contributed by atoms with van der Waals surface area (Å²) in [6.45, 7) is 5.48. The Labute approximate surface area is 158 Å². The van der Waals surface area contributed by atoms with E-state index in [0.29, 0.717) is 22.5 Å². The molecule has 0 saturated heterocycles. The quantitative estimate of drug-likeness (QED) is 0.668. The summed E-state index contributed by atoms with van der Waals surface area (Å²) in [4.78, 5) is 4.42. The van der Waals surface area contributed by atoms with Crippen LogP contribution in [0.1, 0.15) is 16.7 Å². The van der Waals surface area contributed by atoms with Crippen molar-refractivity contribution in [2.24, 2.45) is 0 Å². The van der Waals surface area contributed by atoms with Crippen LogP contribution in [-0.4, -0.2) is 13.4 Å². The van der Waals surface area contributed by atoms with Gasteiger partial charge in [-0.3, -0.25) is 4.72 Å². The fourth-order valence-electron chi connectivity index (χ4n) is 3.01.